The molecule has 0 spiro atoms. The molecule has 0 fully saturated rings. The molecule has 0 radical (unpaired) electrons. The largest absolute Gasteiger partial charge is 0.330 e. The zero-order valence-electron chi connectivity index (χ0n) is 11.5. The SMILES string of the molecule is CC[NH+]1CCc2nc(NC(=O)c3ccccc3)sc2C1. The second-order valence-electron chi connectivity index (χ2n) is 4.99. The van der Waals surface area contributed by atoms with Gasteiger partial charge in [0.2, 0.25) is 0 Å². The maximum Gasteiger partial charge on any atom is 0.257 e. The van der Waals surface area contributed by atoms with Crippen molar-refractivity contribution < 1.29 is 9.69 Å². The summed E-state index contributed by atoms with van der Waals surface area (Å²) < 4.78 is 0. The number of hydrogen-bond acceptors (Lipinski definition) is 3. The molecule has 1 atom stereocenters. The molecular weight excluding hydrogens is 270 g/mol. The Morgan fingerprint density at radius 3 is 2.95 bits per heavy atom. The first-order valence-corrected chi connectivity index (χ1v) is 7.76. The van der Waals surface area contributed by atoms with E-state index in [9.17, 15) is 4.79 Å². The first-order chi connectivity index (χ1) is 9.76. The zero-order valence-corrected chi connectivity index (χ0v) is 12.3. The molecule has 0 saturated carbocycles. The minimum Gasteiger partial charge on any atom is -0.330 e. The van der Waals surface area contributed by atoms with Gasteiger partial charge in [-0.25, -0.2) is 4.98 Å². The Hall–Kier alpha value is -1.72. The van der Waals surface area contributed by atoms with Crippen LogP contribution in [-0.4, -0.2) is 24.0 Å². The molecule has 1 aliphatic heterocycles. The van der Waals surface area contributed by atoms with E-state index in [0.29, 0.717) is 5.56 Å². The molecule has 1 amide bonds. The second-order valence-corrected chi connectivity index (χ2v) is 6.07. The fourth-order valence-electron chi connectivity index (χ4n) is 2.44. The maximum absolute atomic E-state index is 12.1. The lowest BCUT2D eigenvalue weighted by atomic mass is 10.2. The predicted molar refractivity (Wildman–Crippen MR) is 80.3 cm³/mol. The zero-order chi connectivity index (χ0) is 13.9. The molecule has 2 heterocycles. The number of hydrogen-bond donors (Lipinski definition) is 2. The van der Waals surface area contributed by atoms with Crippen molar-refractivity contribution in [3.05, 3.63) is 46.5 Å². The number of nitrogens with zero attached hydrogens (tertiary/aromatic N) is 1. The van der Waals surface area contributed by atoms with Crippen molar-refractivity contribution in [1.82, 2.24) is 4.98 Å². The summed E-state index contributed by atoms with van der Waals surface area (Å²) in [7, 11) is 0. The van der Waals surface area contributed by atoms with Crippen LogP contribution in [0.1, 0.15) is 27.9 Å². The lowest BCUT2D eigenvalue weighted by molar-refractivity contribution is -0.913. The van der Waals surface area contributed by atoms with Crippen molar-refractivity contribution in [1.29, 1.82) is 0 Å². The van der Waals surface area contributed by atoms with Crippen molar-refractivity contribution >= 4 is 22.4 Å². The first kappa shape index (κ1) is 13.3. The van der Waals surface area contributed by atoms with Gasteiger partial charge in [0.05, 0.1) is 23.7 Å². The molecule has 1 unspecified atom stereocenters. The molecule has 5 heteroatoms. The first-order valence-electron chi connectivity index (χ1n) is 6.95. The number of quaternary nitrogens is 1. The molecular formula is C15H18N3OS+. The van der Waals surface area contributed by atoms with Crippen LogP contribution in [0, 0.1) is 0 Å². The molecule has 2 aromatic rings. The lowest BCUT2D eigenvalue weighted by Gasteiger charge is -2.20. The standard InChI is InChI=1S/C15H17N3OS/c1-2-18-9-8-12-13(10-18)20-15(16-12)17-14(19)11-6-4-3-5-7-11/h3-7H,2,8-10H2,1H3,(H,16,17,19)/p+1. The Labute approximate surface area is 122 Å². The second kappa shape index (κ2) is 5.73. The van der Waals surface area contributed by atoms with E-state index < -0.39 is 0 Å². The number of nitrogens with one attached hydrogen (secondary N) is 2. The summed E-state index contributed by atoms with van der Waals surface area (Å²) in [6, 6.07) is 9.26. The number of benzene rings is 1. The van der Waals surface area contributed by atoms with Gasteiger partial charge in [0, 0.05) is 12.0 Å². The summed E-state index contributed by atoms with van der Waals surface area (Å²) in [5.41, 5.74) is 1.83. The molecule has 20 heavy (non-hydrogen) atoms. The minimum absolute atomic E-state index is 0.0867. The van der Waals surface area contributed by atoms with Crippen LogP contribution in [0.3, 0.4) is 0 Å². The molecule has 104 valence electrons. The number of fused-ring (bicyclic) bond motifs is 1. The van der Waals surface area contributed by atoms with Crippen LogP contribution in [0.2, 0.25) is 0 Å². The van der Waals surface area contributed by atoms with Gasteiger partial charge < -0.3 is 4.90 Å². The number of amides is 1. The molecule has 1 aromatic heterocycles. The summed E-state index contributed by atoms with van der Waals surface area (Å²) >= 11 is 1.61. The van der Waals surface area contributed by atoms with Crippen LogP contribution >= 0.6 is 11.3 Å². The smallest absolute Gasteiger partial charge is 0.257 e. The lowest BCUT2D eigenvalue weighted by Crippen LogP contribution is -3.11. The quantitative estimate of drug-likeness (QED) is 0.896. The Bertz CT molecular complexity index is 609. The van der Waals surface area contributed by atoms with E-state index in [1.165, 1.54) is 4.88 Å². The Balaban J connectivity index is 1.73. The highest BCUT2D eigenvalue weighted by molar-refractivity contribution is 7.15. The van der Waals surface area contributed by atoms with Gasteiger partial charge in [-0.15, -0.1) is 0 Å². The van der Waals surface area contributed by atoms with Gasteiger partial charge in [0.25, 0.3) is 5.91 Å². The van der Waals surface area contributed by atoms with Crippen molar-refractivity contribution in [2.45, 2.75) is 19.9 Å². The van der Waals surface area contributed by atoms with E-state index in [1.54, 1.807) is 16.2 Å². The molecule has 1 aromatic carbocycles. The number of anilines is 1. The van der Waals surface area contributed by atoms with E-state index in [2.05, 4.69) is 17.2 Å². The van der Waals surface area contributed by atoms with Crippen LogP contribution in [-0.2, 0) is 13.0 Å². The van der Waals surface area contributed by atoms with Crippen molar-refractivity contribution in [2.75, 3.05) is 18.4 Å². The molecule has 0 bridgehead atoms. The Morgan fingerprint density at radius 1 is 1.40 bits per heavy atom. The summed E-state index contributed by atoms with van der Waals surface area (Å²) in [6.07, 6.45) is 1.01. The normalized spacial score (nSPS) is 17.6. The maximum atomic E-state index is 12.1. The van der Waals surface area contributed by atoms with Gasteiger partial charge in [-0.05, 0) is 19.1 Å². The topological polar surface area (TPSA) is 46.4 Å². The third-order valence-electron chi connectivity index (χ3n) is 3.66. The number of carbonyl (C=O) groups is 1. The fraction of sp³-hybridized carbons (Fsp3) is 0.333. The van der Waals surface area contributed by atoms with Gasteiger partial charge in [0.1, 0.15) is 6.54 Å². The molecule has 0 aliphatic carbocycles. The fourth-order valence-corrected chi connectivity index (χ4v) is 3.52. The number of carbonyl (C=O) groups excluding carboxylic acids is 1. The number of likely N-dealkylation sites (N-methyl/N-ethyl adjacent to an activating group) is 1. The van der Waals surface area contributed by atoms with E-state index in [0.717, 1.165) is 36.9 Å². The minimum atomic E-state index is -0.0867. The van der Waals surface area contributed by atoms with Crippen molar-refractivity contribution in [3.8, 4) is 0 Å². The van der Waals surface area contributed by atoms with Gasteiger partial charge in [-0.3, -0.25) is 10.1 Å². The molecule has 1 aliphatic rings. The molecule has 0 saturated heterocycles. The highest BCUT2D eigenvalue weighted by atomic mass is 32.1. The van der Waals surface area contributed by atoms with Gasteiger partial charge in [-0.2, -0.15) is 0 Å². The Morgan fingerprint density at radius 2 is 2.20 bits per heavy atom. The predicted octanol–water partition coefficient (Wildman–Crippen LogP) is 1.36. The van der Waals surface area contributed by atoms with E-state index in [-0.39, 0.29) is 5.91 Å². The monoisotopic (exact) mass is 288 g/mol. The summed E-state index contributed by atoms with van der Waals surface area (Å²) in [4.78, 5) is 19.6. The highest BCUT2D eigenvalue weighted by Crippen LogP contribution is 2.24. The summed E-state index contributed by atoms with van der Waals surface area (Å²) in [5, 5.41) is 3.63. The van der Waals surface area contributed by atoms with Crippen LogP contribution in [0.25, 0.3) is 0 Å². The number of thiazole rings is 1. The van der Waals surface area contributed by atoms with Crippen LogP contribution in [0.4, 0.5) is 5.13 Å². The summed E-state index contributed by atoms with van der Waals surface area (Å²) in [5.74, 6) is -0.0867. The number of aromatic nitrogens is 1. The average Bonchev–Trinajstić information content (AvgIpc) is 2.89. The van der Waals surface area contributed by atoms with Crippen LogP contribution in [0.15, 0.2) is 30.3 Å². The average molecular weight is 288 g/mol. The van der Waals surface area contributed by atoms with E-state index >= 15 is 0 Å². The Kier molecular flexibility index (Phi) is 3.80. The highest BCUT2D eigenvalue weighted by Gasteiger charge is 2.23. The van der Waals surface area contributed by atoms with E-state index in [1.807, 2.05) is 30.3 Å². The van der Waals surface area contributed by atoms with Gasteiger partial charge in [-0.1, -0.05) is 29.5 Å². The molecule has 2 N–H and O–H groups in total. The molecule has 4 nitrogen and oxygen atoms in total. The third kappa shape index (κ3) is 2.73. The summed E-state index contributed by atoms with van der Waals surface area (Å²) in [6.45, 7) is 5.52. The third-order valence-corrected chi connectivity index (χ3v) is 4.67. The van der Waals surface area contributed by atoms with E-state index in [4.69, 9.17) is 0 Å². The molecule has 3 rings (SSSR count). The van der Waals surface area contributed by atoms with Gasteiger partial charge >= 0.3 is 0 Å². The number of rotatable bonds is 3. The van der Waals surface area contributed by atoms with Crippen molar-refractivity contribution in [3.63, 3.8) is 0 Å². The van der Waals surface area contributed by atoms with Crippen molar-refractivity contribution in [2.24, 2.45) is 0 Å². The van der Waals surface area contributed by atoms with Gasteiger partial charge in [0.15, 0.2) is 5.13 Å². The van der Waals surface area contributed by atoms with Crippen LogP contribution in [0.5, 0.6) is 0 Å². The van der Waals surface area contributed by atoms with Crippen LogP contribution < -0.4 is 10.2 Å².